The molecule has 2 rings (SSSR count). The van der Waals surface area contributed by atoms with Gasteiger partial charge in [-0.2, -0.15) is 11.3 Å². The minimum Gasteiger partial charge on any atom is -0.305 e. The predicted octanol–water partition coefficient (Wildman–Crippen LogP) is 4.36. The molecule has 0 aliphatic rings. The van der Waals surface area contributed by atoms with E-state index in [0.29, 0.717) is 0 Å². The second kappa shape index (κ2) is 6.09. The van der Waals surface area contributed by atoms with E-state index in [0.717, 1.165) is 23.7 Å². The number of hydrogen-bond acceptors (Lipinski definition) is 4. The maximum Gasteiger partial charge on any atom is 0.0898 e. The zero-order chi connectivity index (χ0) is 12.3. The molecule has 92 valence electrons. The summed E-state index contributed by atoms with van der Waals surface area (Å²) in [4.78, 5) is 4.60. The van der Waals surface area contributed by atoms with E-state index in [2.05, 4.69) is 49.3 Å². The Morgan fingerprint density at radius 2 is 2.24 bits per heavy atom. The fourth-order valence-electron chi connectivity index (χ4n) is 1.67. The zero-order valence-corrected chi connectivity index (χ0v) is 13.1. The van der Waals surface area contributed by atoms with Crippen molar-refractivity contribution in [2.75, 3.05) is 6.54 Å². The molecule has 0 bridgehead atoms. The summed E-state index contributed by atoms with van der Waals surface area (Å²) in [6, 6.07) is 0.209. The van der Waals surface area contributed by atoms with Crippen LogP contribution < -0.4 is 5.32 Å². The Kier molecular flexibility index (Phi) is 4.73. The van der Waals surface area contributed by atoms with Crippen LogP contribution in [0.5, 0.6) is 0 Å². The molecule has 5 heteroatoms. The van der Waals surface area contributed by atoms with Crippen LogP contribution in [-0.4, -0.2) is 11.5 Å². The molecule has 17 heavy (non-hydrogen) atoms. The Bertz CT molecular complexity index is 478. The number of thiophene rings is 1. The summed E-state index contributed by atoms with van der Waals surface area (Å²) in [5, 5.41) is 11.1. The first-order valence-electron chi connectivity index (χ1n) is 5.59. The van der Waals surface area contributed by atoms with Crippen molar-refractivity contribution in [3.63, 3.8) is 0 Å². The Labute approximate surface area is 118 Å². The number of aromatic nitrogens is 1. The van der Waals surface area contributed by atoms with Crippen LogP contribution in [0.3, 0.4) is 0 Å². The van der Waals surface area contributed by atoms with Crippen LogP contribution in [0, 0.1) is 6.92 Å². The van der Waals surface area contributed by atoms with Crippen LogP contribution in [0.2, 0.25) is 0 Å². The largest absolute Gasteiger partial charge is 0.305 e. The summed E-state index contributed by atoms with van der Waals surface area (Å²) in [6.07, 6.45) is 1.13. The molecule has 0 saturated carbocycles. The van der Waals surface area contributed by atoms with E-state index < -0.39 is 0 Å². The number of thiazole rings is 1. The highest BCUT2D eigenvalue weighted by Crippen LogP contribution is 2.32. The fraction of sp³-hybridized carbons (Fsp3) is 0.417. The van der Waals surface area contributed by atoms with Gasteiger partial charge in [-0.25, -0.2) is 4.98 Å². The van der Waals surface area contributed by atoms with Crippen molar-refractivity contribution in [2.24, 2.45) is 0 Å². The maximum absolute atomic E-state index is 4.60. The van der Waals surface area contributed by atoms with E-state index in [1.807, 2.05) is 6.92 Å². The number of halogens is 1. The molecular weight excluding hydrogens is 316 g/mol. The lowest BCUT2D eigenvalue weighted by molar-refractivity contribution is 0.588. The SMILES string of the molecule is CCCNC(c1csc(C)n1)c1cscc1Br. The lowest BCUT2D eigenvalue weighted by Crippen LogP contribution is -2.23. The average Bonchev–Trinajstić information content (AvgIpc) is 2.90. The highest BCUT2D eigenvalue weighted by atomic mass is 79.9. The highest BCUT2D eigenvalue weighted by molar-refractivity contribution is 9.10. The van der Waals surface area contributed by atoms with Gasteiger partial charge < -0.3 is 5.32 Å². The molecule has 0 aromatic carbocycles. The van der Waals surface area contributed by atoms with Crippen molar-refractivity contribution in [1.29, 1.82) is 0 Å². The van der Waals surface area contributed by atoms with Crippen LogP contribution in [-0.2, 0) is 0 Å². The molecule has 0 amide bonds. The third-order valence-electron chi connectivity index (χ3n) is 2.48. The second-order valence-electron chi connectivity index (χ2n) is 3.85. The van der Waals surface area contributed by atoms with E-state index in [9.17, 15) is 0 Å². The molecule has 2 heterocycles. The van der Waals surface area contributed by atoms with Gasteiger partial charge in [0.2, 0.25) is 0 Å². The number of aryl methyl sites for hydroxylation is 1. The minimum atomic E-state index is 0.209. The zero-order valence-electron chi connectivity index (χ0n) is 9.87. The molecule has 2 aromatic heterocycles. The van der Waals surface area contributed by atoms with Crippen molar-refractivity contribution in [2.45, 2.75) is 26.3 Å². The van der Waals surface area contributed by atoms with Gasteiger partial charge in [0.25, 0.3) is 0 Å². The smallest absolute Gasteiger partial charge is 0.0898 e. The molecule has 2 aromatic rings. The van der Waals surface area contributed by atoms with Crippen LogP contribution in [0.25, 0.3) is 0 Å². The van der Waals surface area contributed by atoms with Crippen LogP contribution in [0.4, 0.5) is 0 Å². The monoisotopic (exact) mass is 330 g/mol. The number of nitrogens with zero attached hydrogens (tertiary/aromatic N) is 1. The number of rotatable bonds is 5. The van der Waals surface area contributed by atoms with Crippen molar-refractivity contribution >= 4 is 38.6 Å². The van der Waals surface area contributed by atoms with Gasteiger partial charge in [0, 0.05) is 20.8 Å². The molecule has 0 aliphatic carbocycles. The van der Waals surface area contributed by atoms with Gasteiger partial charge in [0.15, 0.2) is 0 Å². The van der Waals surface area contributed by atoms with Gasteiger partial charge >= 0.3 is 0 Å². The van der Waals surface area contributed by atoms with Gasteiger partial charge in [-0.15, -0.1) is 11.3 Å². The van der Waals surface area contributed by atoms with Gasteiger partial charge in [0.05, 0.1) is 16.7 Å². The first-order chi connectivity index (χ1) is 8.22. The Balaban J connectivity index is 2.28. The van der Waals surface area contributed by atoms with E-state index >= 15 is 0 Å². The van der Waals surface area contributed by atoms with Crippen LogP contribution >= 0.6 is 38.6 Å². The summed E-state index contributed by atoms with van der Waals surface area (Å²) >= 11 is 7.03. The lowest BCUT2D eigenvalue weighted by Gasteiger charge is -2.16. The molecule has 1 unspecified atom stereocenters. The molecule has 1 N–H and O–H groups in total. The molecule has 2 nitrogen and oxygen atoms in total. The van der Waals surface area contributed by atoms with Crippen LogP contribution in [0.15, 0.2) is 20.6 Å². The molecule has 0 fully saturated rings. The molecular formula is C12H15BrN2S2. The summed E-state index contributed by atoms with van der Waals surface area (Å²) in [5.74, 6) is 0. The van der Waals surface area contributed by atoms with E-state index in [1.54, 1.807) is 22.7 Å². The maximum atomic E-state index is 4.60. The predicted molar refractivity (Wildman–Crippen MR) is 79.0 cm³/mol. The summed E-state index contributed by atoms with van der Waals surface area (Å²) in [7, 11) is 0. The topological polar surface area (TPSA) is 24.9 Å². The molecule has 0 radical (unpaired) electrons. The van der Waals surface area contributed by atoms with Crippen molar-refractivity contribution < 1.29 is 0 Å². The van der Waals surface area contributed by atoms with Crippen LogP contribution in [0.1, 0.15) is 35.7 Å². The average molecular weight is 331 g/mol. The third kappa shape index (κ3) is 3.16. The quantitative estimate of drug-likeness (QED) is 0.880. The molecule has 1 atom stereocenters. The van der Waals surface area contributed by atoms with Gasteiger partial charge in [0.1, 0.15) is 0 Å². The highest BCUT2D eigenvalue weighted by Gasteiger charge is 2.19. The molecule has 0 aliphatic heterocycles. The molecule has 0 saturated heterocycles. The first kappa shape index (κ1) is 13.2. The van der Waals surface area contributed by atoms with Crippen molar-refractivity contribution in [3.8, 4) is 0 Å². The Morgan fingerprint density at radius 1 is 1.41 bits per heavy atom. The molecule has 0 spiro atoms. The third-order valence-corrected chi connectivity index (χ3v) is 5.03. The summed E-state index contributed by atoms with van der Waals surface area (Å²) in [6.45, 7) is 5.23. The van der Waals surface area contributed by atoms with E-state index in [-0.39, 0.29) is 6.04 Å². The summed E-state index contributed by atoms with van der Waals surface area (Å²) in [5.41, 5.74) is 2.41. The van der Waals surface area contributed by atoms with Crippen molar-refractivity contribution in [3.05, 3.63) is 36.9 Å². The normalized spacial score (nSPS) is 12.9. The lowest BCUT2D eigenvalue weighted by atomic mass is 10.1. The number of nitrogens with one attached hydrogen (secondary N) is 1. The minimum absolute atomic E-state index is 0.209. The fourth-order valence-corrected chi connectivity index (χ4v) is 3.86. The summed E-state index contributed by atoms with van der Waals surface area (Å²) < 4.78 is 1.17. The Morgan fingerprint density at radius 3 is 2.76 bits per heavy atom. The van der Waals surface area contributed by atoms with Gasteiger partial charge in [-0.1, -0.05) is 6.92 Å². The van der Waals surface area contributed by atoms with E-state index in [4.69, 9.17) is 0 Å². The number of hydrogen-bond donors (Lipinski definition) is 1. The Hall–Kier alpha value is -0.230. The van der Waals surface area contributed by atoms with Gasteiger partial charge in [-0.05, 0) is 41.2 Å². The second-order valence-corrected chi connectivity index (χ2v) is 6.51. The van der Waals surface area contributed by atoms with Gasteiger partial charge in [-0.3, -0.25) is 0 Å². The van der Waals surface area contributed by atoms with Crippen molar-refractivity contribution in [1.82, 2.24) is 10.3 Å². The van der Waals surface area contributed by atoms with E-state index in [1.165, 1.54) is 10.0 Å². The standard InChI is InChI=1S/C12H15BrN2S2/c1-3-4-14-12(9-5-16-6-10(9)13)11-7-17-8(2)15-11/h5-7,12,14H,3-4H2,1-2H3. The first-order valence-corrected chi connectivity index (χ1v) is 8.21.